The van der Waals surface area contributed by atoms with Gasteiger partial charge in [-0.1, -0.05) is 35.9 Å². The first kappa shape index (κ1) is 24.5. The average molecular weight is 517 g/mol. The quantitative estimate of drug-likeness (QED) is 0.384. The number of nitrogens with two attached hydrogens (primary N) is 1. The van der Waals surface area contributed by atoms with Gasteiger partial charge in [-0.25, -0.2) is 9.97 Å². The number of aromatic nitrogens is 3. The Kier molecular flexibility index (Phi) is 6.87. The molecule has 2 aromatic heterocycles. The van der Waals surface area contributed by atoms with E-state index in [4.69, 9.17) is 27.1 Å². The van der Waals surface area contributed by atoms with Crippen LogP contribution in [0.1, 0.15) is 17.3 Å². The summed E-state index contributed by atoms with van der Waals surface area (Å²) < 4.78 is 5.61. The number of fused-ring (bicyclic) bond motifs is 1. The second-order valence-corrected chi connectivity index (χ2v) is 9.15. The van der Waals surface area contributed by atoms with Gasteiger partial charge in [-0.15, -0.1) is 0 Å². The minimum Gasteiger partial charge on any atom is -0.484 e. The number of hydrogen-bond acceptors (Lipinski definition) is 8. The number of halogens is 1. The number of anilines is 2. The summed E-state index contributed by atoms with van der Waals surface area (Å²) in [6.07, 6.45) is 0. The highest BCUT2D eigenvalue weighted by Crippen LogP contribution is 2.28. The fourth-order valence-electron chi connectivity index (χ4n) is 4.21. The second-order valence-electron chi connectivity index (χ2n) is 8.71. The number of carbonyl (C=O) groups excluding carboxylic acids is 2. The number of piperazine rings is 1. The molecule has 0 atom stereocenters. The van der Waals surface area contributed by atoms with Gasteiger partial charge in [0.15, 0.2) is 18.2 Å². The smallest absolute Gasteiger partial charge is 0.260 e. The summed E-state index contributed by atoms with van der Waals surface area (Å²) >= 11 is 5.89. The van der Waals surface area contributed by atoms with Crippen LogP contribution in [0.3, 0.4) is 0 Å². The van der Waals surface area contributed by atoms with E-state index in [0.29, 0.717) is 59.4 Å². The van der Waals surface area contributed by atoms with Gasteiger partial charge in [0.05, 0.1) is 11.2 Å². The topological polar surface area (TPSA) is 115 Å². The monoisotopic (exact) mass is 516 g/mol. The van der Waals surface area contributed by atoms with E-state index in [-0.39, 0.29) is 24.2 Å². The Bertz CT molecular complexity index is 1450. The van der Waals surface area contributed by atoms with Gasteiger partial charge in [0.25, 0.3) is 5.91 Å². The van der Waals surface area contributed by atoms with Crippen LogP contribution in [0.25, 0.3) is 22.3 Å². The lowest BCUT2D eigenvalue weighted by atomic mass is 10.1. The molecule has 37 heavy (non-hydrogen) atoms. The van der Waals surface area contributed by atoms with E-state index in [1.807, 2.05) is 24.3 Å². The molecule has 1 saturated heterocycles. The maximum Gasteiger partial charge on any atom is 0.260 e. The number of carbonyl (C=O) groups is 2. The maximum atomic E-state index is 12.7. The molecule has 188 valence electrons. The first-order valence-corrected chi connectivity index (χ1v) is 12.2. The molecule has 1 aliphatic heterocycles. The molecule has 1 amide bonds. The van der Waals surface area contributed by atoms with E-state index in [1.165, 1.54) is 6.92 Å². The van der Waals surface area contributed by atoms with Crippen LogP contribution in [0, 0.1) is 0 Å². The molecular weight excluding hydrogens is 492 g/mol. The van der Waals surface area contributed by atoms with E-state index in [2.05, 4.69) is 14.9 Å². The number of ether oxygens (including phenoxy) is 1. The molecule has 4 aromatic rings. The number of Topliss-reactive ketones (excluding diaryl/α,β-unsaturated/α-hetero) is 1. The zero-order valence-corrected chi connectivity index (χ0v) is 21.0. The maximum absolute atomic E-state index is 12.7. The average Bonchev–Trinajstić information content (AvgIpc) is 2.92. The van der Waals surface area contributed by atoms with Gasteiger partial charge in [-0.3, -0.25) is 9.59 Å². The summed E-state index contributed by atoms with van der Waals surface area (Å²) in [6.45, 7) is 3.66. The Morgan fingerprint density at radius 3 is 2.30 bits per heavy atom. The molecule has 0 aliphatic carbocycles. The van der Waals surface area contributed by atoms with Gasteiger partial charge in [-0.2, -0.15) is 4.98 Å². The molecule has 3 heterocycles. The zero-order chi connectivity index (χ0) is 25.9. The molecular formula is C27H25ClN6O3. The fourth-order valence-corrected chi connectivity index (χ4v) is 4.33. The Hall–Kier alpha value is -4.24. The molecule has 0 saturated carbocycles. The van der Waals surface area contributed by atoms with Crippen molar-refractivity contribution in [1.82, 2.24) is 19.9 Å². The lowest BCUT2D eigenvalue weighted by Crippen LogP contribution is -2.50. The van der Waals surface area contributed by atoms with Crippen molar-refractivity contribution < 1.29 is 14.3 Å². The normalized spacial score (nSPS) is 13.6. The van der Waals surface area contributed by atoms with E-state index in [9.17, 15) is 9.59 Å². The molecule has 2 N–H and O–H groups in total. The van der Waals surface area contributed by atoms with Crippen LogP contribution >= 0.6 is 11.6 Å². The number of amides is 1. The lowest BCUT2D eigenvalue weighted by molar-refractivity contribution is -0.133. The summed E-state index contributed by atoms with van der Waals surface area (Å²) in [7, 11) is 0. The third-order valence-electron chi connectivity index (χ3n) is 6.24. The number of pyridine rings is 1. The van der Waals surface area contributed by atoms with Crippen molar-refractivity contribution in [2.45, 2.75) is 6.92 Å². The summed E-state index contributed by atoms with van der Waals surface area (Å²) in [5, 5.41) is 0.611. The van der Waals surface area contributed by atoms with Gasteiger partial charge in [0.2, 0.25) is 5.95 Å². The van der Waals surface area contributed by atoms with Crippen molar-refractivity contribution in [2.24, 2.45) is 0 Å². The molecule has 2 aromatic carbocycles. The number of nitrogen functional groups attached to an aromatic ring is 1. The highest BCUT2D eigenvalue weighted by atomic mass is 35.5. The Morgan fingerprint density at radius 2 is 1.62 bits per heavy atom. The van der Waals surface area contributed by atoms with Crippen molar-refractivity contribution in [3.05, 3.63) is 71.2 Å². The summed E-state index contributed by atoms with van der Waals surface area (Å²) in [5.41, 5.74) is 9.55. The summed E-state index contributed by atoms with van der Waals surface area (Å²) in [6, 6.07) is 18.0. The standard InChI is InChI=1S/C27H25ClN6O3/c1-17(35)18-2-4-19(5-3-18)22-10-11-23-25(30-22)26(32-27(29)31-23)34-14-12-33(13-15-34)24(36)16-37-21-8-6-20(28)7-9-21/h2-11H,12-16H2,1H3,(H2,29,31,32). The molecule has 0 unspecified atom stereocenters. The third-order valence-corrected chi connectivity index (χ3v) is 6.49. The third kappa shape index (κ3) is 5.46. The minimum atomic E-state index is -0.0870. The molecule has 0 spiro atoms. The fraction of sp³-hybridized carbons (Fsp3) is 0.222. The van der Waals surface area contributed by atoms with E-state index in [0.717, 1.165) is 11.3 Å². The van der Waals surface area contributed by atoms with E-state index < -0.39 is 0 Å². The van der Waals surface area contributed by atoms with Gasteiger partial charge in [0, 0.05) is 42.3 Å². The Labute approximate surface area is 218 Å². The molecule has 1 aliphatic rings. The molecule has 1 fully saturated rings. The molecule has 5 rings (SSSR count). The van der Waals surface area contributed by atoms with Crippen LogP contribution < -0.4 is 15.4 Å². The van der Waals surface area contributed by atoms with Crippen LogP contribution in [0.2, 0.25) is 5.02 Å². The number of nitrogens with zero attached hydrogens (tertiary/aromatic N) is 5. The van der Waals surface area contributed by atoms with Crippen LogP contribution in [0.5, 0.6) is 5.75 Å². The molecule has 9 nitrogen and oxygen atoms in total. The van der Waals surface area contributed by atoms with Crippen molar-refractivity contribution >= 4 is 46.1 Å². The van der Waals surface area contributed by atoms with Crippen molar-refractivity contribution in [1.29, 1.82) is 0 Å². The molecule has 0 radical (unpaired) electrons. The van der Waals surface area contributed by atoms with Crippen LogP contribution in [-0.2, 0) is 4.79 Å². The van der Waals surface area contributed by atoms with Gasteiger partial charge >= 0.3 is 0 Å². The van der Waals surface area contributed by atoms with E-state index in [1.54, 1.807) is 41.3 Å². The minimum absolute atomic E-state index is 0.0124. The van der Waals surface area contributed by atoms with Crippen LogP contribution in [0.4, 0.5) is 11.8 Å². The number of hydrogen-bond donors (Lipinski definition) is 1. The van der Waals surface area contributed by atoms with Crippen molar-refractivity contribution in [2.75, 3.05) is 43.4 Å². The summed E-state index contributed by atoms with van der Waals surface area (Å²) in [4.78, 5) is 41.8. The molecule has 0 bridgehead atoms. The van der Waals surface area contributed by atoms with Crippen molar-refractivity contribution in [3.63, 3.8) is 0 Å². The zero-order valence-electron chi connectivity index (χ0n) is 20.2. The first-order chi connectivity index (χ1) is 17.9. The predicted octanol–water partition coefficient (Wildman–Crippen LogP) is 3.86. The highest BCUT2D eigenvalue weighted by Gasteiger charge is 2.24. The first-order valence-electron chi connectivity index (χ1n) is 11.8. The van der Waals surface area contributed by atoms with E-state index >= 15 is 0 Å². The predicted molar refractivity (Wildman–Crippen MR) is 143 cm³/mol. The Morgan fingerprint density at radius 1 is 0.919 bits per heavy atom. The second kappa shape index (κ2) is 10.4. The lowest BCUT2D eigenvalue weighted by Gasteiger charge is -2.35. The molecule has 10 heteroatoms. The number of rotatable bonds is 6. The van der Waals surface area contributed by atoms with Crippen molar-refractivity contribution in [3.8, 4) is 17.0 Å². The van der Waals surface area contributed by atoms with Gasteiger partial charge in [-0.05, 0) is 43.3 Å². The number of benzene rings is 2. The van der Waals surface area contributed by atoms with Gasteiger partial charge in [0.1, 0.15) is 11.3 Å². The van der Waals surface area contributed by atoms with Gasteiger partial charge < -0.3 is 20.3 Å². The Balaban J connectivity index is 1.31. The largest absolute Gasteiger partial charge is 0.484 e. The van der Waals surface area contributed by atoms with Crippen LogP contribution in [-0.4, -0.2) is 64.3 Å². The highest BCUT2D eigenvalue weighted by molar-refractivity contribution is 6.30. The van der Waals surface area contributed by atoms with Crippen LogP contribution in [0.15, 0.2) is 60.7 Å². The summed E-state index contributed by atoms with van der Waals surface area (Å²) in [5.74, 6) is 1.32. The SMILES string of the molecule is CC(=O)c1ccc(-c2ccc3nc(N)nc(N4CCN(C(=O)COc5ccc(Cl)cc5)CC4)c3n2)cc1. The number of ketones is 1.